The molecular weight excluding hydrogens is 383 g/mol. The van der Waals surface area contributed by atoms with Gasteiger partial charge in [-0.1, -0.05) is 32.0 Å². The maximum absolute atomic E-state index is 12.8. The van der Waals surface area contributed by atoms with Gasteiger partial charge in [-0.25, -0.2) is 0 Å². The molecule has 2 heterocycles. The number of likely N-dealkylation sites (tertiary alicyclic amines) is 1. The average Bonchev–Trinajstić information content (AvgIpc) is 3.17. The van der Waals surface area contributed by atoms with Gasteiger partial charge in [0.15, 0.2) is 5.78 Å². The first kappa shape index (κ1) is 21.4. The van der Waals surface area contributed by atoms with Gasteiger partial charge in [-0.15, -0.1) is 0 Å². The van der Waals surface area contributed by atoms with Crippen LogP contribution in [0, 0.1) is 0 Å². The van der Waals surface area contributed by atoms with Crippen molar-refractivity contribution in [2.45, 2.75) is 44.3 Å². The highest BCUT2D eigenvalue weighted by Crippen LogP contribution is 2.46. The smallest absolute Gasteiger partial charge is 0.347 e. The lowest BCUT2D eigenvalue weighted by atomic mass is 9.83. The van der Waals surface area contributed by atoms with E-state index in [0.717, 1.165) is 16.9 Å². The molecule has 0 aromatic heterocycles. The lowest BCUT2D eigenvalue weighted by molar-refractivity contribution is -0.141. The molecule has 2 aliphatic heterocycles. The lowest BCUT2D eigenvalue weighted by Crippen LogP contribution is -2.47. The molecule has 0 aliphatic carbocycles. The van der Waals surface area contributed by atoms with Crippen LogP contribution in [0.4, 0.5) is 18.9 Å². The predicted octanol–water partition coefficient (Wildman–Crippen LogP) is 3.01. The first-order valence-electron chi connectivity index (χ1n) is 9.67. The Labute approximate surface area is 168 Å². The molecular formula is C21H26F3N3O2. The van der Waals surface area contributed by atoms with Gasteiger partial charge in [0.1, 0.15) is 6.54 Å². The Morgan fingerprint density at radius 2 is 1.97 bits per heavy atom. The van der Waals surface area contributed by atoms with Crippen LogP contribution in [0.15, 0.2) is 36.0 Å². The molecule has 8 heteroatoms. The van der Waals surface area contributed by atoms with Gasteiger partial charge in [-0.2, -0.15) is 13.2 Å². The number of benzene rings is 1. The molecule has 1 unspecified atom stereocenters. The number of hydrogen-bond acceptors (Lipinski definition) is 4. The van der Waals surface area contributed by atoms with E-state index < -0.39 is 24.7 Å². The fraction of sp³-hybridized carbons (Fsp3) is 0.524. The van der Waals surface area contributed by atoms with E-state index in [-0.39, 0.29) is 17.7 Å². The molecule has 1 amide bonds. The number of alkyl halides is 3. The third-order valence-corrected chi connectivity index (χ3v) is 5.73. The summed E-state index contributed by atoms with van der Waals surface area (Å²) >= 11 is 0. The Hall–Kier alpha value is -2.35. The van der Waals surface area contributed by atoms with Crippen molar-refractivity contribution in [2.24, 2.45) is 0 Å². The highest BCUT2D eigenvalue weighted by atomic mass is 19.4. The molecule has 158 valence electrons. The van der Waals surface area contributed by atoms with Gasteiger partial charge in [0.2, 0.25) is 5.91 Å². The Kier molecular flexibility index (Phi) is 5.76. The SMILES string of the molecule is CN1/C(=C\C(=O)CN2CCCC2C(=O)NCC(F)(F)F)C(C)(C)c2ccccc21. The zero-order valence-electron chi connectivity index (χ0n) is 16.8. The van der Waals surface area contributed by atoms with Gasteiger partial charge < -0.3 is 10.2 Å². The monoisotopic (exact) mass is 409 g/mol. The molecule has 0 radical (unpaired) electrons. The van der Waals surface area contributed by atoms with Gasteiger partial charge in [-0.3, -0.25) is 14.5 Å². The summed E-state index contributed by atoms with van der Waals surface area (Å²) in [6.45, 7) is 3.27. The maximum atomic E-state index is 12.8. The number of para-hydroxylation sites is 1. The Bertz CT molecular complexity index is 833. The summed E-state index contributed by atoms with van der Waals surface area (Å²) in [4.78, 5) is 28.6. The summed E-state index contributed by atoms with van der Waals surface area (Å²) < 4.78 is 37.1. The lowest BCUT2D eigenvalue weighted by Gasteiger charge is -2.25. The highest BCUT2D eigenvalue weighted by molar-refractivity contribution is 5.94. The number of nitrogens with zero attached hydrogens (tertiary/aromatic N) is 2. The summed E-state index contributed by atoms with van der Waals surface area (Å²) in [6, 6.07) is 7.26. The number of carbonyl (C=O) groups excluding carboxylic acids is 2. The van der Waals surface area contributed by atoms with Crippen molar-refractivity contribution in [2.75, 3.05) is 31.6 Å². The van der Waals surface area contributed by atoms with Crippen LogP contribution in [0.25, 0.3) is 0 Å². The third kappa shape index (κ3) is 4.47. The molecule has 1 aromatic rings. The summed E-state index contributed by atoms with van der Waals surface area (Å²) in [7, 11) is 1.91. The predicted molar refractivity (Wildman–Crippen MR) is 105 cm³/mol. The van der Waals surface area contributed by atoms with Gasteiger partial charge in [0.05, 0.1) is 12.6 Å². The standard InChI is InChI=1S/C21H26F3N3O2/c1-20(2)15-7-4-5-8-16(15)26(3)18(20)11-14(28)12-27-10-6-9-17(27)19(29)25-13-21(22,23)24/h4-5,7-8,11,17H,6,9-10,12-13H2,1-3H3,(H,25,29)/b18-11-. The number of fused-ring (bicyclic) bond motifs is 1. The minimum Gasteiger partial charge on any atom is -0.347 e. The molecule has 3 rings (SSSR count). The molecule has 1 aromatic carbocycles. The van der Waals surface area contributed by atoms with Crippen molar-refractivity contribution in [1.29, 1.82) is 0 Å². The van der Waals surface area contributed by atoms with Gasteiger partial charge >= 0.3 is 6.18 Å². The van der Waals surface area contributed by atoms with E-state index >= 15 is 0 Å². The summed E-state index contributed by atoms with van der Waals surface area (Å²) in [6.07, 6.45) is -1.73. The second-order valence-electron chi connectivity index (χ2n) is 8.16. The number of rotatable bonds is 5. The van der Waals surface area contributed by atoms with Crippen molar-refractivity contribution in [3.63, 3.8) is 0 Å². The van der Waals surface area contributed by atoms with E-state index in [1.54, 1.807) is 11.0 Å². The number of amides is 1. The maximum Gasteiger partial charge on any atom is 0.405 e. The van der Waals surface area contributed by atoms with Gasteiger partial charge in [-0.05, 0) is 31.0 Å². The summed E-state index contributed by atoms with van der Waals surface area (Å²) in [5.74, 6) is -0.839. The topological polar surface area (TPSA) is 52.7 Å². The number of hydrogen-bond donors (Lipinski definition) is 1. The van der Waals surface area contributed by atoms with E-state index in [1.165, 1.54) is 0 Å². The average molecular weight is 409 g/mol. The zero-order chi connectivity index (χ0) is 21.4. The first-order valence-corrected chi connectivity index (χ1v) is 9.67. The second kappa shape index (κ2) is 7.82. The number of nitrogens with one attached hydrogen (secondary N) is 1. The molecule has 2 aliphatic rings. The Morgan fingerprint density at radius 1 is 1.28 bits per heavy atom. The quantitative estimate of drug-likeness (QED) is 0.760. The number of carbonyl (C=O) groups is 2. The fourth-order valence-corrected chi connectivity index (χ4v) is 4.27. The largest absolute Gasteiger partial charge is 0.405 e. The van der Waals surface area contributed by atoms with E-state index in [0.29, 0.717) is 19.4 Å². The van der Waals surface area contributed by atoms with Crippen molar-refractivity contribution >= 4 is 17.4 Å². The highest BCUT2D eigenvalue weighted by Gasteiger charge is 2.39. The van der Waals surface area contributed by atoms with E-state index in [9.17, 15) is 22.8 Å². The van der Waals surface area contributed by atoms with Crippen molar-refractivity contribution in [3.8, 4) is 0 Å². The molecule has 1 atom stereocenters. The van der Waals surface area contributed by atoms with E-state index in [4.69, 9.17) is 0 Å². The fourth-order valence-electron chi connectivity index (χ4n) is 4.27. The van der Waals surface area contributed by atoms with Gasteiger partial charge in [0, 0.05) is 29.9 Å². The molecule has 0 spiro atoms. The molecule has 5 nitrogen and oxygen atoms in total. The van der Waals surface area contributed by atoms with Crippen LogP contribution in [-0.4, -0.2) is 55.5 Å². The van der Waals surface area contributed by atoms with Crippen LogP contribution in [0.2, 0.25) is 0 Å². The second-order valence-corrected chi connectivity index (χ2v) is 8.16. The number of anilines is 1. The van der Waals surface area contributed by atoms with Crippen molar-refractivity contribution in [3.05, 3.63) is 41.6 Å². The molecule has 0 saturated carbocycles. The Morgan fingerprint density at radius 3 is 2.62 bits per heavy atom. The van der Waals surface area contributed by atoms with Crippen LogP contribution >= 0.6 is 0 Å². The third-order valence-electron chi connectivity index (χ3n) is 5.73. The molecule has 0 bridgehead atoms. The normalized spacial score (nSPS) is 22.8. The number of ketones is 1. The zero-order valence-corrected chi connectivity index (χ0v) is 16.8. The van der Waals surface area contributed by atoms with Crippen LogP contribution < -0.4 is 10.2 Å². The van der Waals surface area contributed by atoms with Crippen molar-refractivity contribution < 1.29 is 22.8 Å². The molecule has 1 N–H and O–H groups in total. The minimum absolute atomic E-state index is 0.00781. The van der Waals surface area contributed by atoms with Crippen LogP contribution in [0.3, 0.4) is 0 Å². The van der Waals surface area contributed by atoms with Crippen LogP contribution in [0.1, 0.15) is 32.3 Å². The minimum atomic E-state index is -4.45. The van der Waals surface area contributed by atoms with E-state index in [1.807, 2.05) is 41.5 Å². The molecule has 1 saturated heterocycles. The number of allylic oxidation sites excluding steroid dienone is 1. The molecule has 1 fully saturated rings. The Balaban J connectivity index is 1.69. The van der Waals surface area contributed by atoms with Crippen LogP contribution in [0.5, 0.6) is 0 Å². The summed E-state index contributed by atoms with van der Waals surface area (Å²) in [5, 5.41) is 1.93. The van der Waals surface area contributed by atoms with Crippen molar-refractivity contribution in [1.82, 2.24) is 10.2 Å². The number of halogens is 3. The van der Waals surface area contributed by atoms with Crippen LogP contribution in [-0.2, 0) is 15.0 Å². The first-order chi connectivity index (χ1) is 13.5. The number of likely N-dealkylation sites (N-methyl/N-ethyl adjacent to an activating group) is 1. The summed E-state index contributed by atoms with van der Waals surface area (Å²) in [5.41, 5.74) is 2.70. The van der Waals surface area contributed by atoms with Gasteiger partial charge in [0.25, 0.3) is 0 Å². The molecule has 29 heavy (non-hydrogen) atoms. The van der Waals surface area contributed by atoms with E-state index in [2.05, 4.69) is 13.8 Å².